The van der Waals surface area contributed by atoms with Crippen LogP contribution in [0.3, 0.4) is 0 Å². The van der Waals surface area contributed by atoms with Gasteiger partial charge >= 0.3 is 0 Å². The highest BCUT2D eigenvalue weighted by atomic mass is 32.2. The van der Waals surface area contributed by atoms with Crippen molar-refractivity contribution in [3.63, 3.8) is 0 Å². The molecule has 2 aromatic rings. The van der Waals surface area contributed by atoms with E-state index in [2.05, 4.69) is 9.71 Å². The van der Waals surface area contributed by atoms with E-state index in [0.29, 0.717) is 5.56 Å². The summed E-state index contributed by atoms with van der Waals surface area (Å²) in [6.07, 6.45) is 2.81. The van der Waals surface area contributed by atoms with Crippen LogP contribution in [0.15, 0.2) is 47.9 Å². The van der Waals surface area contributed by atoms with Crippen LogP contribution in [0.1, 0.15) is 11.6 Å². The Hall–Kier alpha value is -1.70. The predicted octanol–water partition coefficient (Wildman–Crippen LogP) is 0.432. The first-order valence-electron chi connectivity index (χ1n) is 5.69. The molecule has 1 heterocycles. The van der Waals surface area contributed by atoms with Crippen molar-refractivity contribution < 1.29 is 13.5 Å². The predicted molar refractivity (Wildman–Crippen MR) is 69.8 cm³/mol. The van der Waals surface area contributed by atoms with Crippen molar-refractivity contribution in [3.8, 4) is 0 Å². The third-order valence-corrected chi connectivity index (χ3v) is 3.99. The molecule has 0 amide bonds. The second-order valence-electron chi connectivity index (χ2n) is 4.14. The summed E-state index contributed by atoms with van der Waals surface area (Å²) in [5, 5.41) is 9.28. The SMILES string of the molecule is Cn1cnc(S(=O)(=O)N[C@H](CO)c2ccccc2)c1. The summed E-state index contributed by atoms with van der Waals surface area (Å²) in [4.78, 5) is 3.80. The number of aliphatic hydroxyl groups excluding tert-OH is 1. The fourth-order valence-electron chi connectivity index (χ4n) is 1.67. The molecule has 0 aliphatic heterocycles. The lowest BCUT2D eigenvalue weighted by molar-refractivity contribution is 0.259. The highest BCUT2D eigenvalue weighted by molar-refractivity contribution is 7.89. The third kappa shape index (κ3) is 3.19. The standard InChI is InChI=1S/C12H15N3O3S/c1-15-7-12(13-9-15)19(17,18)14-11(8-16)10-5-3-2-4-6-10/h2-7,9,11,14,16H,8H2,1H3/t11-/m1/s1. The molecule has 0 saturated heterocycles. The first-order valence-corrected chi connectivity index (χ1v) is 7.17. The highest BCUT2D eigenvalue weighted by Crippen LogP contribution is 2.15. The maximum Gasteiger partial charge on any atom is 0.260 e. The van der Waals surface area contributed by atoms with Crippen molar-refractivity contribution >= 4 is 10.0 Å². The van der Waals surface area contributed by atoms with E-state index < -0.39 is 16.1 Å². The summed E-state index contributed by atoms with van der Waals surface area (Å²) >= 11 is 0. The molecular weight excluding hydrogens is 266 g/mol. The zero-order chi connectivity index (χ0) is 13.9. The van der Waals surface area contributed by atoms with E-state index in [1.807, 2.05) is 6.07 Å². The number of hydrogen-bond donors (Lipinski definition) is 2. The number of nitrogens with one attached hydrogen (secondary N) is 1. The molecule has 0 aliphatic rings. The average Bonchev–Trinajstić information content (AvgIpc) is 2.85. The second kappa shape index (κ2) is 5.52. The summed E-state index contributed by atoms with van der Waals surface area (Å²) in [5.41, 5.74) is 0.699. The van der Waals surface area contributed by atoms with Gasteiger partial charge in [-0.3, -0.25) is 0 Å². The fraction of sp³-hybridized carbons (Fsp3) is 0.250. The van der Waals surface area contributed by atoms with Crippen LogP contribution >= 0.6 is 0 Å². The Kier molecular flexibility index (Phi) is 3.98. The third-order valence-electron chi connectivity index (χ3n) is 2.64. The molecule has 7 heteroatoms. The fourth-order valence-corrected chi connectivity index (χ4v) is 2.87. The topological polar surface area (TPSA) is 84.2 Å². The van der Waals surface area contributed by atoms with Crippen LogP contribution in [-0.4, -0.2) is 29.7 Å². The van der Waals surface area contributed by atoms with E-state index in [1.165, 1.54) is 12.5 Å². The van der Waals surface area contributed by atoms with Gasteiger partial charge in [0, 0.05) is 13.2 Å². The zero-order valence-corrected chi connectivity index (χ0v) is 11.2. The summed E-state index contributed by atoms with van der Waals surface area (Å²) in [6.45, 7) is -0.323. The van der Waals surface area contributed by atoms with Crippen molar-refractivity contribution in [2.75, 3.05) is 6.61 Å². The van der Waals surface area contributed by atoms with Gasteiger partial charge in [0.05, 0.1) is 19.0 Å². The van der Waals surface area contributed by atoms with Crippen LogP contribution in [-0.2, 0) is 17.1 Å². The van der Waals surface area contributed by atoms with Gasteiger partial charge in [-0.05, 0) is 5.56 Å². The number of aliphatic hydroxyl groups is 1. The molecule has 0 radical (unpaired) electrons. The van der Waals surface area contributed by atoms with Gasteiger partial charge in [0.2, 0.25) is 0 Å². The largest absolute Gasteiger partial charge is 0.394 e. The lowest BCUT2D eigenvalue weighted by Crippen LogP contribution is -2.31. The molecule has 2 N–H and O–H groups in total. The second-order valence-corrected chi connectivity index (χ2v) is 5.81. The van der Waals surface area contributed by atoms with Gasteiger partial charge in [0.25, 0.3) is 10.0 Å². The van der Waals surface area contributed by atoms with Gasteiger partial charge in [-0.2, -0.15) is 4.72 Å². The van der Waals surface area contributed by atoms with Crippen LogP contribution in [0.25, 0.3) is 0 Å². The van der Waals surface area contributed by atoms with Crippen molar-refractivity contribution in [3.05, 3.63) is 48.4 Å². The zero-order valence-electron chi connectivity index (χ0n) is 10.4. The Morgan fingerprint density at radius 2 is 2.05 bits per heavy atom. The van der Waals surface area contributed by atoms with Gasteiger partial charge in [-0.1, -0.05) is 30.3 Å². The number of benzene rings is 1. The molecular formula is C12H15N3O3S. The molecule has 0 bridgehead atoms. The number of sulfonamides is 1. The van der Waals surface area contributed by atoms with E-state index in [4.69, 9.17) is 0 Å². The molecule has 1 aromatic carbocycles. The molecule has 0 saturated carbocycles. The molecule has 1 atom stereocenters. The van der Waals surface area contributed by atoms with Gasteiger partial charge < -0.3 is 9.67 Å². The van der Waals surface area contributed by atoms with Crippen molar-refractivity contribution in [2.45, 2.75) is 11.1 Å². The van der Waals surface area contributed by atoms with Crippen molar-refractivity contribution in [1.29, 1.82) is 0 Å². The minimum absolute atomic E-state index is 0.0654. The van der Waals surface area contributed by atoms with Gasteiger partial charge in [0.1, 0.15) is 0 Å². The van der Waals surface area contributed by atoms with Gasteiger partial charge in [-0.15, -0.1) is 0 Å². The molecule has 6 nitrogen and oxygen atoms in total. The Balaban J connectivity index is 2.23. The maximum absolute atomic E-state index is 12.1. The number of aromatic nitrogens is 2. The van der Waals surface area contributed by atoms with E-state index in [0.717, 1.165) is 0 Å². The number of hydrogen-bond acceptors (Lipinski definition) is 4. The average molecular weight is 281 g/mol. The minimum Gasteiger partial charge on any atom is -0.394 e. The van der Waals surface area contributed by atoms with Crippen LogP contribution in [0, 0.1) is 0 Å². The lowest BCUT2D eigenvalue weighted by Gasteiger charge is -2.15. The molecule has 19 heavy (non-hydrogen) atoms. The number of rotatable bonds is 5. The van der Waals surface area contributed by atoms with E-state index in [1.54, 1.807) is 35.9 Å². The Morgan fingerprint density at radius 1 is 1.37 bits per heavy atom. The van der Waals surface area contributed by atoms with E-state index in [9.17, 15) is 13.5 Å². The molecule has 0 unspecified atom stereocenters. The first kappa shape index (κ1) is 13.7. The molecule has 102 valence electrons. The summed E-state index contributed by atoms with van der Waals surface area (Å²) in [5.74, 6) is 0. The Morgan fingerprint density at radius 3 is 2.58 bits per heavy atom. The Bertz CT molecular complexity index is 637. The van der Waals surface area contributed by atoms with Crippen LogP contribution in [0.2, 0.25) is 0 Å². The summed E-state index contributed by atoms with van der Waals surface area (Å²) < 4.78 is 28.2. The normalized spacial score (nSPS) is 13.4. The van der Waals surface area contributed by atoms with Crippen LogP contribution in [0.4, 0.5) is 0 Å². The number of nitrogens with zero attached hydrogens (tertiary/aromatic N) is 2. The van der Waals surface area contributed by atoms with Crippen LogP contribution in [0.5, 0.6) is 0 Å². The molecule has 0 fully saturated rings. The smallest absolute Gasteiger partial charge is 0.260 e. The summed E-state index contributed by atoms with van der Waals surface area (Å²) in [6, 6.07) is 8.21. The highest BCUT2D eigenvalue weighted by Gasteiger charge is 2.22. The molecule has 1 aromatic heterocycles. The quantitative estimate of drug-likeness (QED) is 0.832. The van der Waals surface area contributed by atoms with E-state index >= 15 is 0 Å². The maximum atomic E-state index is 12.1. The van der Waals surface area contributed by atoms with Gasteiger partial charge in [-0.25, -0.2) is 13.4 Å². The van der Waals surface area contributed by atoms with Crippen molar-refractivity contribution in [2.24, 2.45) is 7.05 Å². The lowest BCUT2D eigenvalue weighted by atomic mass is 10.1. The number of aryl methyl sites for hydroxylation is 1. The molecule has 0 aliphatic carbocycles. The van der Waals surface area contributed by atoms with Gasteiger partial charge in [0.15, 0.2) is 5.03 Å². The van der Waals surface area contributed by atoms with Crippen LogP contribution < -0.4 is 4.72 Å². The number of imidazole rings is 1. The minimum atomic E-state index is -3.74. The molecule has 0 spiro atoms. The van der Waals surface area contributed by atoms with Crippen molar-refractivity contribution in [1.82, 2.24) is 14.3 Å². The monoisotopic (exact) mass is 281 g/mol. The first-order chi connectivity index (χ1) is 9.03. The van der Waals surface area contributed by atoms with E-state index in [-0.39, 0.29) is 11.6 Å². The summed E-state index contributed by atoms with van der Waals surface area (Å²) in [7, 11) is -2.05. The Labute approximate surface area is 111 Å². The molecule has 2 rings (SSSR count).